The second-order valence-corrected chi connectivity index (χ2v) is 7.15. The number of amides is 1. The van der Waals surface area contributed by atoms with Crippen molar-refractivity contribution >= 4 is 5.91 Å². The van der Waals surface area contributed by atoms with E-state index in [0.29, 0.717) is 24.3 Å². The maximum Gasteiger partial charge on any atom is 0.255 e. The Balaban J connectivity index is 1.49. The summed E-state index contributed by atoms with van der Waals surface area (Å²) in [6, 6.07) is 5.42. The Morgan fingerprint density at radius 1 is 1.34 bits per heavy atom. The summed E-state index contributed by atoms with van der Waals surface area (Å²) < 4.78 is 25.7. The van der Waals surface area contributed by atoms with Crippen LogP contribution in [-0.4, -0.2) is 39.0 Å². The van der Waals surface area contributed by atoms with Crippen molar-refractivity contribution in [3.05, 3.63) is 53.4 Å². The van der Waals surface area contributed by atoms with Gasteiger partial charge in [-0.3, -0.25) is 9.48 Å². The maximum atomic E-state index is 13.4. The molecule has 152 valence electrons. The van der Waals surface area contributed by atoms with Crippen LogP contribution in [0.3, 0.4) is 0 Å². The standard InChI is InChI=1S/C20H22FN5O3/c1-12(20-23-18(25-29-20)14-4-3-5-15(21)10-14)22-19(27)16-11-26(2)24-17(16)13-6-8-28-9-7-13/h3-5,10-13H,6-9H2,1-2H3,(H,22,27)/t12-/m0/s1. The van der Waals surface area contributed by atoms with Gasteiger partial charge in [-0.2, -0.15) is 10.1 Å². The Morgan fingerprint density at radius 3 is 2.90 bits per heavy atom. The Bertz CT molecular complexity index is 1010. The first-order valence-corrected chi connectivity index (χ1v) is 9.53. The minimum absolute atomic E-state index is 0.198. The molecule has 1 fully saturated rings. The van der Waals surface area contributed by atoms with E-state index in [0.717, 1.165) is 18.5 Å². The molecule has 1 saturated heterocycles. The van der Waals surface area contributed by atoms with Crippen molar-refractivity contribution < 1.29 is 18.4 Å². The predicted octanol–water partition coefficient (Wildman–Crippen LogP) is 2.99. The molecule has 1 amide bonds. The molecule has 1 aliphatic heterocycles. The number of benzene rings is 1. The van der Waals surface area contributed by atoms with Crippen LogP contribution >= 0.6 is 0 Å². The maximum absolute atomic E-state index is 13.4. The molecule has 1 aliphatic rings. The highest BCUT2D eigenvalue weighted by atomic mass is 19.1. The van der Waals surface area contributed by atoms with Crippen molar-refractivity contribution in [2.24, 2.45) is 7.05 Å². The third-order valence-electron chi connectivity index (χ3n) is 4.95. The van der Waals surface area contributed by atoms with Crippen LogP contribution in [0.2, 0.25) is 0 Å². The molecule has 4 rings (SSSR count). The zero-order valence-corrected chi connectivity index (χ0v) is 16.3. The number of rotatable bonds is 5. The fourth-order valence-electron chi connectivity index (χ4n) is 3.45. The molecule has 0 saturated carbocycles. The number of aromatic nitrogens is 4. The highest BCUT2D eigenvalue weighted by Gasteiger charge is 2.27. The molecule has 0 aliphatic carbocycles. The van der Waals surface area contributed by atoms with Crippen molar-refractivity contribution in [2.45, 2.75) is 31.7 Å². The van der Waals surface area contributed by atoms with E-state index >= 15 is 0 Å². The van der Waals surface area contributed by atoms with Gasteiger partial charge >= 0.3 is 0 Å². The van der Waals surface area contributed by atoms with Crippen LogP contribution < -0.4 is 5.32 Å². The van der Waals surface area contributed by atoms with Gasteiger partial charge in [-0.15, -0.1) is 0 Å². The first kappa shape index (κ1) is 19.3. The molecular weight excluding hydrogens is 377 g/mol. The zero-order valence-electron chi connectivity index (χ0n) is 16.3. The lowest BCUT2D eigenvalue weighted by Crippen LogP contribution is -2.28. The van der Waals surface area contributed by atoms with Gasteiger partial charge in [-0.05, 0) is 31.9 Å². The molecule has 0 unspecified atom stereocenters. The van der Waals surface area contributed by atoms with Gasteiger partial charge in [0.25, 0.3) is 5.91 Å². The number of nitrogens with zero attached hydrogens (tertiary/aromatic N) is 4. The molecule has 3 heterocycles. The Hall–Kier alpha value is -3.07. The molecular formula is C20H22FN5O3. The zero-order chi connectivity index (χ0) is 20.4. The average Bonchev–Trinajstić information content (AvgIpc) is 3.36. The van der Waals surface area contributed by atoms with Crippen LogP contribution in [0.4, 0.5) is 4.39 Å². The average molecular weight is 399 g/mol. The quantitative estimate of drug-likeness (QED) is 0.709. The lowest BCUT2D eigenvalue weighted by atomic mass is 9.94. The van der Waals surface area contributed by atoms with Crippen molar-refractivity contribution in [3.63, 3.8) is 0 Å². The summed E-state index contributed by atoms with van der Waals surface area (Å²) in [6.45, 7) is 3.10. The van der Waals surface area contributed by atoms with E-state index in [1.807, 2.05) is 0 Å². The molecule has 1 N–H and O–H groups in total. The van der Waals surface area contributed by atoms with Crippen molar-refractivity contribution in [2.75, 3.05) is 13.2 Å². The summed E-state index contributed by atoms with van der Waals surface area (Å²) in [5.41, 5.74) is 1.83. The molecule has 0 spiro atoms. The number of carbonyl (C=O) groups excluding carboxylic acids is 1. The number of hydrogen-bond acceptors (Lipinski definition) is 6. The SMILES string of the molecule is C[C@H](NC(=O)c1cn(C)nc1C1CCOCC1)c1nc(-c2cccc(F)c2)no1. The molecule has 1 aromatic carbocycles. The summed E-state index contributed by atoms with van der Waals surface area (Å²) in [5, 5.41) is 11.3. The fourth-order valence-corrected chi connectivity index (χ4v) is 3.45. The van der Waals surface area contributed by atoms with Gasteiger partial charge in [0, 0.05) is 37.9 Å². The van der Waals surface area contributed by atoms with E-state index in [2.05, 4.69) is 20.6 Å². The molecule has 1 atom stereocenters. The summed E-state index contributed by atoms with van der Waals surface area (Å²) in [7, 11) is 1.80. The highest BCUT2D eigenvalue weighted by Crippen LogP contribution is 2.28. The highest BCUT2D eigenvalue weighted by molar-refractivity contribution is 5.95. The fraction of sp³-hybridized carbons (Fsp3) is 0.400. The molecule has 0 radical (unpaired) electrons. The number of carbonyl (C=O) groups is 1. The van der Waals surface area contributed by atoms with Crippen molar-refractivity contribution in [3.8, 4) is 11.4 Å². The number of hydrogen-bond donors (Lipinski definition) is 1. The normalized spacial score (nSPS) is 16.0. The Morgan fingerprint density at radius 2 is 2.14 bits per heavy atom. The number of halogens is 1. The molecule has 9 heteroatoms. The third-order valence-corrected chi connectivity index (χ3v) is 4.95. The van der Waals surface area contributed by atoms with E-state index < -0.39 is 6.04 Å². The first-order valence-electron chi connectivity index (χ1n) is 9.53. The lowest BCUT2D eigenvalue weighted by molar-refractivity contribution is 0.0830. The van der Waals surface area contributed by atoms with Crippen molar-refractivity contribution in [1.82, 2.24) is 25.2 Å². The van der Waals surface area contributed by atoms with Crippen molar-refractivity contribution in [1.29, 1.82) is 0 Å². The lowest BCUT2D eigenvalue weighted by Gasteiger charge is -2.21. The summed E-state index contributed by atoms with van der Waals surface area (Å²) >= 11 is 0. The summed E-state index contributed by atoms with van der Waals surface area (Å²) in [5.74, 6) is 0.0768. The van der Waals surface area contributed by atoms with Crippen LogP contribution in [-0.2, 0) is 11.8 Å². The third kappa shape index (κ3) is 4.19. The van der Waals surface area contributed by atoms with E-state index in [-0.39, 0.29) is 29.4 Å². The largest absolute Gasteiger partial charge is 0.381 e. The first-order chi connectivity index (χ1) is 14.0. The van der Waals surface area contributed by atoms with E-state index in [9.17, 15) is 9.18 Å². The van der Waals surface area contributed by atoms with Crippen LogP contribution in [0.1, 0.15) is 53.7 Å². The second-order valence-electron chi connectivity index (χ2n) is 7.15. The van der Waals surface area contributed by atoms with Crippen LogP contribution in [0.25, 0.3) is 11.4 Å². The van der Waals surface area contributed by atoms with Gasteiger partial charge in [-0.25, -0.2) is 4.39 Å². The number of aryl methyl sites for hydroxylation is 1. The minimum atomic E-state index is -0.514. The smallest absolute Gasteiger partial charge is 0.255 e. The minimum Gasteiger partial charge on any atom is -0.381 e. The molecule has 2 aromatic heterocycles. The van der Waals surface area contributed by atoms with Gasteiger partial charge in [0.2, 0.25) is 11.7 Å². The van der Waals surface area contributed by atoms with Crippen LogP contribution in [0.5, 0.6) is 0 Å². The van der Waals surface area contributed by atoms with Gasteiger partial charge in [0.15, 0.2) is 0 Å². The Kier molecular flexibility index (Phi) is 5.39. The van der Waals surface area contributed by atoms with Crippen LogP contribution in [0, 0.1) is 5.82 Å². The van der Waals surface area contributed by atoms with Gasteiger partial charge in [0.1, 0.15) is 11.9 Å². The van der Waals surface area contributed by atoms with E-state index in [1.54, 1.807) is 37.0 Å². The van der Waals surface area contributed by atoms with Gasteiger partial charge in [-0.1, -0.05) is 17.3 Å². The van der Waals surface area contributed by atoms with E-state index in [1.165, 1.54) is 12.1 Å². The van der Waals surface area contributed by atoms with Gasteiger partial charge < -0.3 is 14.6 Å². The number of ether oxygens (including phenoxy) is 1. The Labute approximate surface area is 167 Å². The molecule has 8 nitrogen and oxygen atoms in total. The van der Waals surface area contributed by atoms with Gasteiger partial charge in [0.05, 0.1) is 11.3 Å². The number of nitrogens with one attached hydrogen (secondary N) is 1. The predicted molar refractivity (Wildman–Crippen MR) is 102 cm³/mol. The van der Waals surface area contributed by atoms with E-state index in [4.69, 9.17) is 9.26 Å². The summed E-state index contributed by atoms with van der Waals surface area (Å²) in [6.07, 6.45) is 3.40. The molecule has 0 bridgehead atoms. The molecule has 3 aromatic rings. The molecule has 29 heavy (non-hydrogen) atoms. The second kappa shape index (κ2) is 8.12. The monoisotopic (exact) mass is 399 g/mol. The summed E-state index contributed by atoms with van der Waals surface area (Å²) in [4.78, 5) is 17.2. The van der Waals surface area contributed by atoms with Crippen LogP contribution in [0.15, 0.2) is 35.0 Å². The topological polar surface area (TPSA) is 95.1 Å².